The van der Waals surface area contributed by atoms with Gasteiger partial charge in [0.05, 0.1) is 17.4 Å². The molecule has 1 atom stereocenters. The van der Waals surface area contributed by atoms with E-state index in [9.17, 15) is 17.6 Å². The van der Waals surface area contributed by atoms with Crippen LogP contribution in [0.1, 0.15) is 59.8 Å². The number of pyridine rings is 1. The Kier molecular flexibility index (Phi) is 6.24. The van der Waals surface area contributed by atoms with E-state index in [-0.39, 0.29) is 17.5 Å². The van der Waals surface area contributed by atoms with Gasteiger partial charge >= 0.3 is 0 Å². The van der Waals surface area contributed by atoms with Crippen LogP contribution in [0.2, 0.25) is 0 Å². The molecule has 1 aromatic carbocycles. The Hall–Kier alpha value is -2.85. The second-order valence-electron chi connectivity index (χ2n) is 8.60. The van der Waals surface area contributed by atoms with Crippen molar-refractivity contribution in [2.24, 2.45) is 11.1 Å². The first-order valence-corrected chi connectivity index (χ1v) is 12.5. The topological polar surface area (TPSA) is 109 Å². The van der Waals surface area contributed by atoms with Gasteiger partial charge in [-0.15, -0.1) is 0 Å². The van der Waals surface area contributed by atoms with Gasteiger partial charge in [-0.25, -0.2) is 27.3 Å². The molecule has 1 fully saturated rings. The van der Waals surface area contributed by atoms with E-state index >= 15 is 4.39 Å². The third kappa shape index (κ3) is 4.37. The van der Waals surface area contributed by atoms with Crippen LogP contribution in [0, 0.1) is 17.6 Å². The van der Waals surface area contributed by atoms with Gasteiger partial charge in [-0.05, 0) is 37.3 Å². The molecular formula is C23H26F2N4O3S. The number of ketones is 1. The van der Waals surface area contributed by atoms with Gasteiger partial charge < -0.3 is 9.88 Å². The van der Waals surface area contributed by atoms with Gasteiger partial charge in [-0.1, -0.05) is 19.9 Å². The number of carbonyl (C=O) groups is 1. The molecule has 1 unspecified atom stereocenters. The summed E-state index contributed by atoms with van der Waals surface area (Å²) in [6.45, 7) is 5.45. The summed E-state index contributed by atoms with van der Waals surface area (Å²) in [5, 5.41) is 4.29. The Bertz CT molecular complexity index is 1310. The number of nitrogens with two attached hydrogens (primary N) is 1. The molecule has 1 saturated heterocycles. The first-order valence-electron chi connectivity index (χ1n) is 10.9. The largest absolute Gasteiger partial charge is 0.370 e. The number of piperidine rings is 1. The fourth-order valence-electron chi connectivity index (χ4n) is 4.41. The highest BCUT2D eigenvalue weighted by atomic mass is 32.2. The van der Waals surface area contributed by atoms with E-state index in [0.29, 0.717) is 17.0 Å². The van der Waals surface area contributed by atoms with Crippen LogP contribution in [-0.4, -0.2) is 37.3 Å². The molecule has 0 amide bonds. The zero-order valence-corrected chi connectivity index (χ0v) is 19.3. The summed E-state index contributed by atoms with van der Waals surface area (Å²) in [6.07, 6.45) is 5.14. The van der Waals surface area contributed by atoms with E-state index in [4.69, 9.17) is 5.14 Å². The third-order valence-electron chi connectivity index (χ3n) is 6.37. The van der Waals surface area contributed by atoms with Crippen molar-refractivity contribution in [3.8, 4) is 0 Å². The SMILES string of the molecule is CCC(c1ccc(F)c(C(=O)c2c[nH]c3ncc(N4CCC(C)CC4)cc23)c1F)S(N)(=O)=O. The molecule has 0 radical (unpaired) electrons. The van der Waals surface area contributed by atoms with Gasteiger partial charge in [0.15, 0.2) is 0 Å². The second-order valence-corrected chi connectivity index (χ2v) is 10.3. The van der Waals surface area contributed by atoms with Crippen molar-refractivity contribution >= 4 is 32.5 Å². The average molecular weight is 477 g/mol. The van der Waals surface area contributed by atoms with Crippen LogP contribution in [-0.2, 0) is 10.0 Å². The van der Waals surface area contributed by atoms with Crippen molar-refractivity contribution in [3.63, 3.8) is 0 Å². The maximum atomic E-state index is 15.3. The van der Waals surface area contributed by atoms with Gasteiger partial charge in [-0.3, -0.25) is 4.79 Å². The number of hydrogen-bond donors (Lipinski definition) is 2. The van der Waals surface area contributed by atoms with Crippen LogP contribution in [0.3, 0.4) is 0 Å². The number of nitrogens with one attached hydrogen (secondary N) is 1. The molecule has 1 aliphatic rings. The number of rotatable bonds is 6. The number of nitrogens with zero attached hydrogens (tertiary/aromatic N) is 2. The van der Waals surface area contributed by atoms with Crippen molar-refractivity contribution in [1.29, 1.82) is 0 Å². The van der Waals surface area contributed by atoms with Gasteiger partial charge in [0.2, 0.25) is 15.8 Å². The number of benzene rings is 1. The fraction of sp³-hybridized carbons (Fsp3) is 0.391. The molecule has 0 saturated carbocycles. The summed E-state index contributed by atoms with van der Waals surface area (Å²) in [4.78, 5) is 22.7. The standard InChI is InChI=1S/C23H26F2N4O3S/c1-3-19(33(26,31)32)15-4-5-18(24)20(21(15)25)22(30)17-12-28-23-16(17)10-14(11-27-23)29-8-6-13(2)7-9-29/h4-5,10-13,19H,3,6-9H2,1-2H3,(H,27,28)(H2,26,31,32). The van der Waals surface area contributed by atoms with Gasteiger partial charge in [0.25, 0.3) is 0 Å². The molecular weight excluding hydrogens is 450 g/mol. The Balaban J connectivity index is 1.77. The molecule has 0 spiro atoms. The molecule has 0 bridgehead atoms. The minimum absolute atomic E-state index is 0.0240. The van der Waals surface area contributed by atoms with E-state index in [1.807, 2.05) is 0 Å². The molecule has 4 rings (SSSR count). The number of anilines is 1. The Morgan fingerprint density at radius 3 is 2.64 bits per heavy atom. The molecule has 3 aromatic rings. The zero-order chi connectivity index (χ0) is 23.9. The molecule has 3 N–H and O–H groups in total. The predicted molar refractivity (Wildman–Crippen MR) is 123 cm³/mol. The summed E-state index contributed by atoms with van der Waals surface area (Å²) in [5.41, 5.74) is 0.167. The monoisotopic (exact) mass is 476 g/mol. The van der Waals surface area contributed by atoms with E-state index < -0.39 is 38.3 Å². The van der Waals surface area contributed by atoms with Crippen molar-refractivity contribution < 1.29 is 22.0 Å². The van der Waals surface area contributed by atoms with Gasteiger partial charge in [0.1, 0.15) is 22.5 Å². The Morgan fingerprint density at radius 1 is 1.30 bits per heavy atom. The fourth-order valence-corrected chi connectivity index (χ4v) is 5.41. The summed E-state index contributed by atoms with van der Waals surface area (Å²) < 4.78 is 53.8. The lowest BCUT2D eigenvalue weighted by Crippen LogP contribution is -2.32. The lowest BCUT2D eigenvalue weighted by molar-refractivity contribution is 0.103. The zero-order valence-electron chi connectivity index (χ0n) is 18.4. The molecule has 0 aliphatic carbocycles. The van der Waals surface area contributed by atoms with Crippen LogP contribution in [0.5, 0.6) is 0 Å². The van der Waals surface area contributed by atoms with E-state index in [1.165, 1.54) is 13.1 Å². The molecule has 10 heteroatoms. The van der Waals surface area contributed by atoms with Crippen molar-refractivity contribution in [1.82, 2.24) is 9.97 Å². The number of sulfonamides is 1. The number of fused-ring (bicyclic) bond motifs is 1. The number of hydrogen-bond acceptors (Lipinski definition) is 5. The lowest BCUT2D eigenvalue weighted by Gasteiger charge is -2.31. The van der Waals surface area contributed by atoms with Crippen LogP contribution in [0.25, 0.3) is 11.0 Å². The summed E-state index contributed by atoms with van der Waals surface area (Å²) in [6, 6.07) is 3.71. The van der Waals surface area contributed by atoms with Gasteiger partial charge in [-0.2, -0.15) is 0 Å². The van der Waals surface area contributed by atoms with Crippen LogP contribution < -0.4 is 10.0 Å². The molecule has 3 heterocycles. The predicted octanol–water partition coefficient (Wildman–Crippen LogP) is 4.05. The minimum Gasteiger partial charge on any atom is -0.370 e. The minimum atomic E-state index is -4.15. The van der Waals surface area contributed by atoms with Crippen LogP contribution in [0.4, 0.5) is 14.5 Å². The number of halogens is 2. The van der Waals surface area contributed by atoms with E-state index in [1.54, 1.807) is 12.3 Å². The average Bonchev–Trinajstić information content (AvgIpc) is 3.18. The smallest absolute Gasteiger partial charge is 0.216 e. The highest BCUT2D eigenvalue weighted by Gasteiger charge is 2.31. The molecule has 2 aromatic heterocycles. The molecule has 33 heavy (non-hydrogen) atoms. The lowest BCUT2D eigenvalue weighted by atomic mass is 9.97. The molecule has 176 valence electrons. The van der Waals surface area contributed by atoms with Crippen LogP contribution >= 0.6 is 0 Å². The van der Waals surface area contributed by atoms with E-state index in [2.05, 4.69) is 21.8 Å². The summed E-state index contributed by atoms with van der Waals surface area (Å²) in [5.74, 6) is -2.54. The highest BCUT2D eigenvalue weighted by Crippen LogP contribution is 2.32. The third-order valence-corrected chi connectivity index (χ3v) is 7.75. The van der Waals surface area contributed by atoms with Crippen molar-refractivity contribution in [2.45, 2.75) is 38.4 Å². The summed E-state index contributed by atoms with van der Waals surface area (Å²) in [7, 11) is -4.15. The maximum absolute atomic E-state index is 15.3. The molecule has 1 aliphatic heterocycles. The highest BCUT2D eigenvalue weighted by molar-refractivity contribution is 7.89. The van der Waals surface area contributed by atoms with Crippen molar-refractivity contribution in [2.75, 3.05) is 18.0 Å². The first kappa shape index (κ1) is 23.3. The Labute approximate surface area is 191 Å². The number of aromatic amines is 1. The first-order chi connectivity index (χ1) is 15.6. The number of H-pyrrole nitrogens is 1. The van der Waals surface area contributed by atoms with Gasteiger partial charge in [0, 0.05) is 35.8 Å². The van der Waals surface area contributed by atoms with Crippen molar-refractivity contribution in [3.05, 3.63) is 58.9 Å². The second kappa shape index (κ2) is 8.83. The van der Waals surface area contributed by atoms with Crippen LogP contribution in [0.15, 0.2) is 30.6 Å². The molecule has 7 nitrogen and oxygen atoms in total. The number of primary sulfonamides is 1. The summed E-state index contributed by atoms with van der Waals surface area (Å²) >= 11 is 0. The number of aromatic nitrogens is 2. The Morgan fingerprint density at radius 2 is 2.00 bits per heavy atom. The number of carbonyl (C=O) groups excluding carboxylic acids is 1. The normalized spacial score (nSPS) is 16.3. The quantitative estimate of drug-likeness (QED) is 0.522. The maximum Gasteiger partial charge on any atom is 0.216 e. The van der Waals surface area contributed by atoms with E-state index in [0.717, 1.165) is 43.8 Å².